The predicted molar refractivity (Wildman–Crippen MR) is 116 cm³/mol. The monoisotopic (exact) mass is 370 g/mol. The molecule has 4 rings (SSSR count). The molecule has 0 aliphatic heterocycles. The Morgan fingerprint density at radius 3 is 2.54 bits per heavy atom. The molecule has 0 atom stereocenters. The Hall–Kier alpha value is -3.67. The topological polar surface area (TPSA) is 116 Å². The van der Waals surface area contributed by atoms with Gasteiger partial charge in [0.25, 0.3) is 0 Å². The molecule has 0 aliphatic rings. The summed E-state index contributed by atoms with van der Waals surface area (Å²) in [4.78, 5) is 13.1. The molecule has 6 nitrogen and oxygen atoms in total. The molecule has 6 heteroatoms. The Morgan fingerprint density at radius 1 is 1.00 bits per heavy atom. The second-order valence-electron chi connectivity index (χ2n) is 6.91. The Labute approximate surface area is 163 Å². The first-order valence-electron chi connectivity index (χ1n) is 9.13. The highest BCUT2D eigenvalue weighted by molar-refractivity contribution is 6.09. The number of aromatic nitrogens is 2. The van der Waals surface area contributed by atoms with Crippen LogP contribution in [-0.4, -0.2) is 15.9 Å². The molecule has 0 amide bonds. The Balaban J connectivity index is 1.71. The standard InChI is InChI=1S/C22H22N6/c1-13-2-9-17-18(12-13)28-21(23)20-19(17)15(10-11-26-20)6-3-14-4-7-16(8-5-14)27-22(24)25/h2,4-5,7-12H,3,6H2,1H3,(H2,23,28)(H4,24,25,27). The highest BCUT2D eigenvalue weighted by Gasteiger charge is 2.11. The number of pyridine rings is 2. The molecule has 0 unspecified atom stereocenters. The van der Waals surface area contributed by atoms with Gasteiger partial charge in [-0.2, -0.15) is 0 Å². The molecular formula is C22H22N6. The summed E-state index contributed by atoms with van der Waals surface area (Å²) in [7, 11) is 0. The maximum atomic E-state index is 6.20. The number of hydrogen-bond donors (Lipinski definition) is 3. The number of anilines is 1. The van der Waals surface area contributed by atoms with E-state index in [0.29, 0.717) is 5.82 Å². The molecule has 2 aromatic carbocycles. The number of hydrogen-bond acceptors (Lipinski definition) is 4. The van der Waals surface area contributed by atoms with Gasteiger partial charge in [0.1, 0.15) is 5.52 Å². The van der Waals surface area contributed by atoms with Gasteiger partial charge in [0, 0.05) is 17.0 Å². The van der Waals surface area contributed by atoms with Gasteiger partial charge in [0.05, 0.1) is 11.2 Å². The molecule has 6 N–H and O–H groups in total. The van der Waals surface area contributed by atoms with E-state index < -0.39 is 0 Å². The van der Waals surface area contributed by atoms with Crippen molar-refractivity contribution in [1.29, 1.82) is 0 Å². The second-order valence-corrected chi connectivity index (χ2v) is 6.91. The molecule has 0 aliphatic carbocycles. The van der Waals surface area contributed by atoms with E-state index in [1.165, 1.54) is 11.1 Å². The van der Waals surface area contributed by atoms with Crippen LogP contribution in [0.25, 0.3) is 21.8 Å². The van der Waals surface area contributed by atoms with Crippen LogP contribution in [0, 0.1) is 6.92 Å². The summed E-state index contributed by atoms with van der Waals surface area (Å²) in [6.07, 6.45) is 3.56. The van der Waals surface area contributed by atoms with Crippen LogP contribution in [0.5, 0.6) is 0 Å². The lowest BCUT2D eigenvalue weighted by atomic mass is 9.98. The summed E-state index contributed by atoms with van der Waals surface area (Å²) in [6, 6.07) is 16.2. The lowest BCUT2D eigenvalue weighted by Crippen LogP contribution is -2.21. The molecule has 4 aromatic rings. The molecule has 2 heterocycles. The van der Waals surface area contributed by atoms with Gasteiger partial charge >= 0.3 is 0 Å². The average Bonchev–Trinajstić information content (AvgIpc) is 2.67. The first-order valence-corrected chi connectivity index (χ1v) is 9.13. The Kier molecular flexibility index (Phi) is 4.53. The zero-order valence-corrected chi connectivity index (χ0v) is 15.7. The van der Waals surface area contributed by atoms with Crippen molar-refractivity contribution in [3.63, 3.8) is 0 Å². The predicted octanol–water partition coefficient (Wildman–Crippen LogP) is 3.36. The fourth-order valence-electron chi connectivity index (χ4n) is 3.50. The van der Waals surface area contributed by atoms with Crippen LogP contribution in [-0.2, 0) is 12.8 Å². The summed E-state index contributed by atoms with van der Waals surface area (Å²) in [6.45, 7) is 2.05. The quantitative estimate of drug-likeness (QED) is 0.289. The van der Waals surface area contributed by atoms with Crippen LogP contribution in [0.4, 0.5) is 11.5 Å². The van der Waals surface area contributed by atoms with E-state index in [-0.39, 0.29) is 5.96 Å². The van der Waals surface area contributed by atoms with Gasteiger partial charge in [-0.3, -0.25) is 4.98 Å². The van der Waals surface area contributed by atoms with E-state index in [1.807, 2.05) is 24.3 Å². The molecule has 2 aromatic heterocycles. The van der Waals surface area contributed by atoms with Crippen LogP contribution < -0.4 is 17.2 Å². The first-order chi connectivity index (χ1) is 13.5. The molecule has 140 valence electrons. The highest BCUT2D eigenvalue weighted by atomic mass is 15.0. The summed E-state index contributed by atoms with van der Waals surface area (Å²) in [5.41, 5.74) is 23.0. The molecule has 28 heavy (non-hydrogen) atoms. The summed E-state index contributed by atoms with van der Waals surface area (Å²) in [5, 5.41) is 2.17. The highest BCUT2D eigenvalue weighted by Crippen LogP contribution is 2.30. The van der Waals surface area contributed by atoms with Crippen LogP contribution in [0.1, 0.15) is 16.7 Å². The van der Waals surface area contributed by atoms with Crippen LogP contribution >= 0.6 is 0 Å². The Bertz CT molecular complexity index is 1190. The third-order valence-corrected chi connectivity index (χ3v) is 4.82. The van der Waals surface area contributed by atoms with Crippen molar-refractivity contribution < 1.29 is 0 Å². The van der Waals surface area contributed by atoms with Gasteiger partial charge in [-0.25, -0.2) is 9.98 Å². The minimum atomic E-state index is 0.0596. The van der Waals surface area contributed by atoms with Crippen LogP contribution in [0.15, 0.2) is 59.7 Å². The number of benzene rings is 2. The average molecular weight is 370 g/mol. The maximum Gasteiger partial charge on any atom is 0.191 e. The molecule has 0 saturated carbocycles. The number of nitrogen functional groups attached to an aromatic ring is 1. The van der Waals surface area contributed by atoms with Gasteiger partial charge in [0.15, 0.2) is 11.8 Å². The molecule has 0 bridgehead atoms. The van der Waals surface area contributed by atoms with Gasteiger partial charge in [-0.15, -0.1) is 0 Å². The van der Waals surface area contributed by atoms with Crippen molar-refractivity contribution in [2.24, 2.45) is 16.5 Å². The van der Waals surface area contributed by atoms with Gasteiger partial charge in [0.2, 0.25) is 0 Å². The second kappa shape index (κ2) is 7.15. The minimum absolute atomic E-state index is 0.0596. The van der Waals surface area contributed by atoms with Gasteiger partial charge in [-0.05, 0) is 60.7 Å². The number of aryl methyl sites for hydroxylation is 3. The number of fused-ring (bicyclic) bond motifs is 3. The third kappa shape index (κ3) is 3.44. The number of aliphatic imine (C=N–C) groups is 1. The van der Waals surface area contributed by atoms with E-state index in [4.69, 9.17) is 17.2 Å². The molecular weight excluding hydrogens is 348 g/mol. The SMILES string of the molecule is Cc1ccc2c(c1)nc(N)c1nccc(CCc3ccc(N=C(N)N)cc3)c12. The Morgan fingerprint density at radius 2 is 1.79 bits per heavy atom. The van der Waals surface area contributed by atoms with Crippen molar-refractivity contribution in [2.75, 3.05) is 5.73 Å². The molecule has 0 fully saturated rings. The van der Waals surface area contributed by atoms with Crippen molar-refractivity contribution in [3.8, 4) is 0 Å². The van der Waals surface area contributed by atoms with E-state index in [1.54, 1.807) is 6.20 Å². The minimum Gasteiger partial charge on any atom is -0.382 e. The maximum absolute atomic E-state index is 6.20. The van der Waals surface area contributed by atoms with Crippen molar-refractivity contribution in [3.05, 3.63) is 71.4 Å². The van der Waals surface area contributed by atoms with E-state index in [0.717, 1.165) is 45.9 Å². The molecule has 0 radical (unpaired) electrons. The van der Waals surface area contributed by atoms with Crippen molar-refractivity contribution in [2.45, 2.75) is 19.8 Å². The number of nitrogens with zero attached hydrogens (tertiary/aromatic N) is 3. The van der Waals surface area contributed by atoms with E-state index in [2.05, 4.69) is 46.1 Å². The number of rotatable bonds is 4. The van der Waals surface area contributed by atoms with Crippen molar-refractivity contribution >= 4 is 39.3 Å². The lowest BCUT2D eigenvalue weighted by Gasteiger charge is -2.11. The molecule has 0 saturated heterocycles. The fraction of sp³-hybridized carbons (Fsp3) is 0.136. The number of guanidine groups is 1. The van der Waals surface area contributed by atoms with Gasteiger partial charge < -0.3 is 17.2 Å². The van der Waals surface area contributed by atoms with Crippen LogP contribution in [0.3, 0.4) is 0 Å². The first kappa shape index (κ1) is 17.7. The lowest BCUT2D eigenvalue weighted by molar-refractivity contribution is 0.967. The summed E-state index contributed by atoms with van der Waals surface area (Å²) < 4.78 is 0. The van der Waals surface area contributed by atoms with E-state index in [9.17, 15) is 0 Å². The van der Waals surface area contributed by atoms with E-state index >= 15 is 0 Å². The van der Waals surface area contributed by atoms with Gasteiger partial charge in [-0.1, -0.05) is 24.3 Å². The van der Waals surface area contributed by atoms with Crippen molar-refractivity contribution in [1.82, 2.24) is 9.97 Å². The summed E-state index contributed by atoms with van der Waals surface area (Å²) in [5.74, 6) is 0.529. The fourth-order valence-corrected chi connectivity index (χ4v) is 3.50. The third-order valence-electron chi connectivity index (χ3n) is 4.82. The zero-order valence-electron chi connectivity index (χ0n) is 15.7. The zero-order chi connectivity index (χ0) is 19.7. The smallest absolute Gasteiger partial charge is 0.191 e. The number of nitrogens with two attached hydrogens (primary N) is 3. The summed E-state index contributed by atoms with van der Waals surface area (Å²) >= 11 is 0. The molecule has 0 spiro atoms. The largest absolute Gasteiger partial charge is 0.382 e. The normalized spacial score (nSPS) is 11.0. The van der Waals surface area contributed by atoms with Crippen LogP contribution in [0.2, 0.25) is 0 Å².